The monoisotopic (exact) mass is 308 g/mol. The molecule has 0 aliphatic rings. The molecule has 0 spiro atoms. The van der Waals surface area contributed by atoms with Crippen molar-refractivity contribution in [1.29, 1.82) is 0 Å². The second-order valence-corrected chi connectivity index (χ2v) is 5.89. The van der Waals surface area contributed by atoms with E-state index in [1.807, 2.05) is 42.5 Å². The molecule has 0 aromatic heterocycles. The van der Waals surface area contributed by atoms with E-state index in [0.29, 0.717) is 0 Å². The minimum absolute atomic E-state index is 1.03. The zero-order chi connectivity index (χ0) is 17.5. The largest absolute Gasteiger partial charge is 0.0988 e. The molecule has 1 rings (SSSR count). The Labute approximate surface area is 143 Å². The van der Waals surface area contributed by atoms with Crippen molar-refractivity contribution in [3.8, 4) is 0 Å². The fraction of sp³-hybridized carbons (Fsp3) is 0.304. The van der Waals surface area contributed by atoms with Gasteiger partial charge in [-0.1, -0.05) is 91.1 Å². The lowest BCUT2D eigenvalue weighted by Gasteiger charge is -2.00. The van der Waals surface area contributed by atoms with E-state index in [1.165, 1.54) is 23.1 Å². The van der Waals surface area contributed by atoms with Crippen LogP contribution in [-0.2, 0) is 0 Å². The molecule has 124 valence electrons. The highest BCUT2D eigenvalue weighted by atomic mass is 14.0. The standard InChI is InChI=1S/C15H24.C8H8/c1-6-14(4)10-8-12-15(5)11-7-9-13(2)3;1-2-8-6-4-3-5-7-8/h6,9,12H,1,4,7-8,10-11H2,2-3,5H3;2-7H,1H2. The molecule has 0 N–H and O–H groups in total. The highest BCUT2D eigenvalue weighted by molar-refractivity contribution is 5.45. The number of benzene rings is 1. The predicted molar refractivity (Wildman–Crippen MR) is 108 cm³/mol. The fourth-order valence-corrected chi connectivity index (χ4v) is 1.89. The van der Waals surface area contributed by atoms with Crippen LogP contribution in [0.5, 0.6) is 0 Å². The van der Waals surface area contributed by atoms with Gasteiger partial charge in [0.2, 0.25) is 0 Å². The van der Waals surface area contributed by atoms with E-state index in [2.05, 4.69) is 52.7 Å². The van der Waals surface area contributed by atoms with Crippen molar-refractivity contribution in [3.63, 3.8) is 0 Å². The Morgan fingerprint density at radius 2 is 1.52 bits per heavy atom. The van der Waals surface area contributed by atoms with Gasteiger partial charge in [0.05, 0.1) is 0 Å². The van der Waals surface area contributed by atoms with Crippen LogP contribution in [0.1, 0.15) is 52.0 Å². The third-order valence-corrected chi connectivity index (χ3v) is 3.37. The van der Waals surface area contributed by atoms with Crippen LogP contribution in [0.4, 0.5) is 0 Å². The lowest BCUT2D eigenvalue weighted by atomic mass is 10.1. The van der Waals surface area contributed by atoms with Gasteiger partial charge >= 0.3 is 0 Å². The van der Waals surface area contributed by atoms with E-state index in [9.17, 15) is 0 Å². The minimum atomic E-state index is 1.03. The maximum Gasteiger partial charge on any atom is -0.0250 e. The molecule has 0 unspecified atom stereocenters. The SMILES string of the molecule is C=CC(=C)CCC=C(C)CCC=C(C)C.C=Cc1ccccc1. The molecular formula is C23H32. The van der Waals surface area contributed by atoms with E-state index in [-0.39, 0.29) is 0 Å². The Morgan fingerprint density at radius 1 is 0.913 bits per heavy atom. The summed E-state index contributed by atoms with van der Waals surface area (Å²) in [6.07, 6.45) is 12.7. The van der Waals surface area contributed by atoms with Crippen molar-refractivity contribution in [2.24, 2.45) is 0 Å². The zero-order valence-electron chi connectivity index (χ0n) is 15.1. The van der Waals surface area contributed by atoms with E-state index < -0.39 is 0 Å². The molecule has 0 saturated heterocycles. The first kappa shape index (κ1) is 20.9. The Hall–Kier alpha value is -2.08. The molecule has 0 amide bonds. The first-order chi connectivity index (χ1) is 11.0. The van der Waals surface area contributed by atoms with Crippen molar-refractivity contribution < 1.29 is 0 Å². The molecule has 0 aliphatic heterocycles. The zero-order valence-corrected chi connectivity index (χ0v) is 15.1. The fourth-order valence-electron chi connectivity index (χ4n) is 1.89. The van der Waals surface area contributed by atoms with Crippen molar-refractivity contribution in [3.05, 3.63) is 90.6 Å². The summed E-state index contributed by atoms with van der Waals surface area (Å²) in [5, 5.41) is 0. The van der Waals surface area contributed by atoms with Crippen molar-refractivity contribution in [2.75, 3.05) is 0 Å². The third-order valence-electron chi connectivity index (χ3n) is 3.37. The van der Waals surface area contributed by atoms with Crippen molar-refractivity contribution in [2.45, 2.75) is 46.5 Å². The number of hydrogen-bond donors (Lipinski definition) is 0. The highest BCUT2D eigenvalue weighted by Gasteiger charge is 1.90. The van der Waals surface area contributed by atoms with Crippen LogP contribution >= 0.6 is 0 Å². The quantitative estimate of drug-likeness (QED) is 0.344. The van der Waals surface area contributed by atoms with Gasteiger partial charge in [0.25, 0.3) is 0 Å². The smallest absolute Gasteiger partial charge is 0.0250 e. The summed E-state index contributed by atoms with van der Waals surface area (Å²) in [6.45, 7) is 17.7. The van der Waals surface area contributed by atoms with Crippen LogP contribution in [-0.4, -0.2) is 0 Å². The van der Waals surface area contributed by atoms with Crippen LogP contribution in [0.25, 0.3) is 6.08 Å². The molecule has 0 bridgehead atoms. The van der Waals surface area contributed by atoms with E-state index in [4.69, 9.17) is 0 Å². The van der Waals surface area contributed by atoms with Gasteiger partial charge in [0.1, 0.15) is 0 Å². The van der Waals surface area contributed by atoms with Gasteiger partial charge in [-0.3, -0.25) is 0 Å². The summed E-state index contributed by atoms with van der Waals surface area (Å²) in [5.74, 6) is 0. The third kappa shape index (κ3) is 13.3. The van der Waals surface area contributed by atoms with Crippen LogP contribution in [0.15, 0.2) is 85.0 Å². The van der Waals surface area contributed by atoms with E-state index >= 15 is 0 Å². The normalized spacial score (nSPS) is 10.1. The van der Waals surface area contributed by atoms with Gasteiger partial charge in [-0.05, 0) is 52.0 Å². The van der Waals surface area contributed by atoms with Gasteiger partial charge in [-0.2, -0.15) is 0 Å². The predicted octanol–water partition coefficient (Wildman–Crippen LogP) is 7.53. The molecule has 1 aromatic carbocycles. The molecule has 0 saturated carbocycles. The summed E-state index contributed by atoms with van der Waals surface area (Å²) in [6, 6.07) is 10.0. The van der Waals surface area contributed by atoms with Crippen LogP contribution < -0.4 is 0 Å². The lowest BCUT2D eigenvalue weighted by molar-refractivity contribution is 0.929. The molecule has 0 fully saturated rings. The van der Waals surface area contributed by atoms with Crippen LogP contribution in [0, 0.1) is 0 Å². The average molecular weight is 309 g/mol. The van der Waals surface area contributed by atoms with Crippen molar-refractivity contribution in [1.82, 2.24) is 0 Å². The summed E-state index contributed by atoms with van der Waals surface area (Å²) < 4.78 is 0. The first-order valence-corrected chi connectivity index (χ1v) is 8.26. The summed E-state index contributed by atoms with van der Waals surface area (Å²) in [7, 11) is 0. The molecule has 0 nitrogen and oxygen atoms in total. The van der Waals surface area contributed by atoms with Crippen LogP contribution in [0.3, 0.4) is 0 Å². The topological polar surface area (TPSA) is 0 Å². The number of allylic oxidation sites excluding steroid dienone is 6. The average Bonchev–Trinajstić information content (AvgIpc) is 2.55. The van der Waals surface area contributed by atoms with Gasteiger partial charge in [0, 0.05) is 0 Å². The van der Waals surface area contributed by atoms with E-state index in [1.54, 1.807) is 0 Å². The van der Waals surface area contributed by atoms with Gasteiger partial charge < -0.3 is 0 Å². The second kappa shape index (κ2) is 13.6. The second-order valence-electron chi connectivity index (χ2n) is 5.89. The van der Waals surface area contributed by atoms with Gasteiger partial charge in [-0.15, -0.1) is 0 Å². The summed E-state index contributed by atoms with van der Waals surface area (Å²) in [4.78, 5) is 0. The molecule has 0 heterocycles. The molecule has 0 radical (unpaired) electrons. The Balaban J connectivity index is 0.000000502. The first-order valence-electron chi connectivity index (χ1n) is 8.26. The summed E-state index contributed by atoms with van der Waals surface area (Å²) >= 11 is 0. The lowest BCUT2D eigenvalue weighted by Crippen LogP contribution is -1.79. The van der Waals surface area contributed by atoms with Gasteiger partial charge in [0.15, 0.2) is 0 Å². The highest BCUT2D eigenvalue weighted by Crippen LogP contribution is 2.10. The molecule has 1 aromatic rings. The maximum atomic E-state index is 3.90. The Bertz CT molecular complexity index is 522. The molecule has 0 heteroatoms. The van der Waals surface area contributed by atoms with Gasteiger partial charge in [-0.25, -0.2) is 0 Å². The number of rotatable bonds is 8. The minimum Gasteiger partial charge on any atom is -0.0988 e. The van der Waals surface area contributed by atoms with E-state index in [0.717, 1.165) is 24.8 Å². The van der Waals surface area contributed by atoms with Crippen LogP contribution in [0.2, 0.25) is 0 Å². The maximum absolute atomic E-state index is 3.90. The Kier molecular flexibility index (Phi) is 12.3. The van der Waals surface area contributed by atoms with Crippen molar-refractivity contribution >= 4 is 6.08 Å². The Morgan fingerprint density at radius 3 is 2.00 bits per heavy atom. The molecule has 0 atom stereocenters. The number of hydrogen-bond acceptors (Lipinski definition) is 0. The molecule has 23 heavy (non-hydrogen) atoms. The molecule has 0 aliphatic carbocycles. The molecular weight excluding hydrogens is 276 g/mol. The summed E-state index contributed by atoms with van der Waals surface area (Å²) in [5.41, 5.74) is 5.18.